The van der Waals surface area contributed by atoms with Gasteiger partial charge in [0.05, 0.1) is 6.42 Å². The maximum Gasteiger partial charge on any atom is 0.227 e. The molecule has 0 aromatic heterocycles. The molecule has 3 rings (SSSR count). The fourth-order valence-electron chi connectivity index (χ4n) is 3.11. The smallest absolute Gasteiger partial charge is 0.227 e. The Balaban J connectivity index is 1.49. The quantitative estimate of drug-likeness (QED) is 0.867. The van der Waals surface area contributed by atoms with Crippen LogP contribution in [-0.2, 0) is 17.8 Å². The summed E-state index contributed by atoms with van der Waals surface area (Å²) in [6.07, 6.45) is 0.514. The average Bonchev–Trinajstić information content (AvgIpc) is 2.56. The number of rotatable bonds is 4. The summed E-state index contributed by atoms with van der Waals surface area (Å²) in [6, 6.07) is 18.8. The van der Waals surface area contributed by atoms with Crippen LogP contribution in [0.3, 0.4) is 0 Å². The van der Waals surface area contributed by atoms with Crippen LogP contribution < -0.4 is 0 Å². The third-order valence-electron chi connectivity index (χ3n) is 4.41. The zero-order valence-electron chi connectivity index (χ0n) is 13.7. The normalized spacial score (nSPS) is 15.6. The Kier molecular flexibility index (Phi) is 5.09. The Hall–Kier alpha value is -2.13. The summed E-state index contributed by atoms with van der Waals surface area (Å²) in [5, 5.41) is 0. The minimum atomic E-state index is 0.245. The molecule has 1 aliphatic heterocycles. The molecule has 1 heterocycles. The van der Waals surface area contributed by atoms with Crippen molar-refractivity contribution in [2.45, 2.75) is 19.9 Å². The van der Waals surface area contributed by atoms with E-state index >= 15 is 0 Å². The van der Waals surface area contributed by atoms with Crippen molar-refractivity contribution in [2.24, 2.45) is 0 Å². The fourth-order valence-corrected chi connectivity index (χ4v) is 3.11. The molecule has 0 atom stereocenters. The lowest BCUT2D eigenvalue weighted by molar-refractivity contribution is -0.132. The topological polar surface area (TPSA) is 23.6 Å². The van der Waals surface area contributed by atoms with Crippen molar-refractivity contribution in [3.05, 3.63) is 71.3 Å². The molecule has 23 heavy (non-hydrogen) atoms. The second-order valence-corrected chi connectivity index (χ2v) is 6.31. The van der Waals surface area contributed by atoms with Crippen molar-refractivity contribution < 1.29 is 4.79 Å². The van der Waals surface area contributed by atoms with Gasteiger partial charge in [0.1, 0.15) is 0 Å². The number of benzene rings is 2. The molecule has 1 amide bonds. The first-order chi connectivity index (χ1) is 11.2. The van der Waals surface area contributed by atoms with Crippen LogP contribution in [0.15, 0.2) is 54.6 Å². The largest absolute Gasteiger partial charge is 0.340 e. The molecule has 1 saturated heterocycles. The van der Waals surface area contributed by atoms with Gasteiger partial charge in [0.15, 0.2) is 0 Å². The van der Waals surface area contributed by atoms with Crippen molar-refractivity contribution in [1.82, 2.24) is 9.80 Å². The summed E-state index contributed by atoms with van der Waals surface area (Å²) in [5.74, 6) is 0.245. The van der Waals surface area contributed by atoms with Crippen molar-refractivity contribution >= 4 is 5.91 Å². The number of carbonyl (C=O) groups excluding carboxylic acids is 1. The van der Waals surface area contributed by atoms with Crippen LogP contribution in [0, 0.1) is 6.92 Å². The molecule has 1 fully saturated rings. The molecule has 3 nitrogen and oxygen atoms in total. The summed E-state index contributed by atoms with van der Waals surface area (Å²) < 4.78 is 0. The summed E-state index contributed by atoms with van der Waals surface area (Å²) in [6.45, 7) is 6.61. The molecular formula is C20H24N2O. The van der Waals surface area contributed by atoms with Gasteiger partial charge in [-0.05, 0) is 18.1 Å². The molecule has 2 aromatic carbocycles. The summed E-state index contributed by atoms with van der Waals surface area (Å²) in [7, 11) is 0. The molecular weight excluding hydrogens is 284 g/mol. The maximum atomic E-state index is 12.5. The van der Waals surface area contributed by atoms with E-state index in [4.69, 9.17) is 0 Å². The minimum absolute atomic E-state index is 0.245. The van der Waals surface area contributed by atoms with E-state index in [1.165, 1.54) is 11.1 Å². The van der Waals surface area contributed by atoms with Gasteiger partial charge in [-0.25, -0.2) is 0 Å². The third-order valence-corrected chi connectivity index (χ3v) is 4.41. The van der Waals surface area contributed by atoms with Gasteiger partial charge in [0.25, 0.3) is 0 Å². The zero-order chi connectivity index (χ0) is 16.1. The Labute approximate surface area is 138 Å². The van der Waals surface area contributed by atoms with Gasteiger partial charge in [0.2, 0.25) is 5.91 Å². The van der Waals surface area contributed by atoms with Crippen LogP contribution in [0.2, 0.25) is 0 Å². The first-order valence-electron chi connectivity index (χ1n) is 8.30. The van der Waals surface area contributed by atoms with E-state index < -0.39 is 0 Å². The predicted octanol–water partition coefficient (Wildman–Crippen LogP) is 2.88. The van der Waals surface area contributed by atoms with Gasteiger partial charge in [0, 0.05) is 32.7 Å². The number of hydrogen-bond acceptors (Lipinski definition) is 2. The first-order valence-corrected chi connectivity index (χ1v) is 8.30. The third kappa shape index (κ3) is 4.42. The maximum absolute atomic E-state index is 12.5. The zero-order valence-corrected chi connectivity index (χ0v) is 13.7. The van der Waals surface area contributed by atoms with Gasteiger partial charge in [-0.1, -0.05) is 60.2 Å². The van der Waals surface area contributed by atoms with Gasteiger partial charge < -0.3 is 4.90 Å². The summed E-state index contributed by atoms with van der Waals surface area (Å²) >= 11 is 0. The van der Waals surface area contributed by atoms with Gasteiger partial charge >= 0.3 is 0 Å². The van der Waals surface area contributed by atoms with Gasteiger partial charge in [-0.2, -0.15) is 0 Å². The molecule has 0 unspecified atom stereocenters. The summed E-state index contributed by atoms with van der Waals surface area (Å²) in [5.41, 5.74) is 3.66. The molecule has 120 valence electrons. The number of aryl methyl sites for hydroxylation is 1. The highest BCUT2D eigenvalue weighted by Crippen LogP contribution is 2.11. The first kappa shape index (κ1) is 15.8. The van der Waals surface area contributed by atoms with Gasteiger partial charge in [-0.15, -0.1) is 0 Å². The van der Waals surface area contributed by atoms with E-state index in [0.29, 0.717) is 6.42 Å². The second kappa shape index (κ2) is 7.42. The molecule has 0 spiro atoms. The van der Waals surface area contributed by atoms with Crippen LogP contribution >= 0.6 is 0 Å². The molecule has 2 aromatic rings. The fraction of sp³-hybridized carbons (Fsp3) is 0.350. The Morgan fingerprint density at radius 2 is 1.61 bits per heavy atom. The molecule has 0 radical (unpaired) electrons. The molecule has 0 saturated carbocycles. The Morgan fingerprint density at radius 3 is 2.30 bits per heavy atom. The lowest BCUT2D eigenvalue weighted by atomic mass is 10.1. The molecule has 1 aliphatic rings. The number of piperazine rings is 1. The highest BCUT2D eigenvalue weighted by molar-refractivity contribution is 5.79. The second-order valence-electron chi connectivity index (χ2n) is 6.31. The molecule has 0 aliphatic carbocycles. The van der Waals surface area contributed by atoms with Crippen LogP contribution in [0.1, 0.15) is 16.7 Å². The number of nitrogens with zero attached hydrogens (tertiary/aromatic N) is 2. The lowest BCUT2D eigenvalue weighted by Crippen LogP contribution is -2.48. The van der Waals surface area contributed by atoms with Crippen molar-refractivity contribution in [1.29, 1.82) is 0 Å². The molecule has 3 heteroatoms. The van der Waals surface area contributed by atoms with E-state index in [9.17, 15) is 4.79 Å². The van der Waals surface area contributed by atoms with E-state index in [2.05, 4.69) is 48.2 Å². The van der Waals surface area contributed by atoms with E-state index in [1.54, 1.807) is 0 Å². The Bertz CT molecular complexity index is 646. The van der Waals surface area contributed by atoms with Crippen LogP contribution in [0.4, 0.5) is 0 Å². The number of carbonyl (C=O) groups is 1. The van der Waals surface area contributed by atoms with Crippen molar-refractivity contribution in [3.8, 4) is 0 Å². The summed E-state index contributed by atoms with van der Waals surface area (Å²) in [4.78, 5) is 16.9. The predicted molar refractivity (Wildman–Crippen MR) is 93.2 cm³/mol. The average molecular weight is 308 g/mol. The molecule has 0 N–H and O–H groups in total. The van der Waals surface area contributed by atoms with Crippen LogP contribution in [0.25, 0.3) is 0 Å². The van der Waals surface area contributed by atoms with Crippen LogP contribution in [-0.4, -0.2) is 41.9 Å². The SMILES string of the molecule is Cc1cccc(CC(=O)N2CCN(Cc3ccccc3)CC2)c1. The highest BCUT2D eigenvalue weighted by atomic mass is 16.2. The molecule has 0 bridgehead atoms. The van der Waals surface area contributed by atoms with Crippen molar-refractivity contribution in [2.75, 3.05) is 26.2 Å². The Morgan fingerprint density at radius 1 is 0.913 bits per heavy atom. The monoisotopic (exact) mass is 308 g/mol. The lowest BCUT2D eigenvalue weighted by Gasteiger charge is -2.34. The highest BCUT2D eigenvalue weighted by Gasteiger charge is 2.21. The standard InChI is InChI=1S/C20H24N2O/c1-17-6-5-9-19(14-17)15-20(23)22-12-10-21(11-13-22)16-18-7-3-2-4-8-18/h2-9,14H,10-13,15-16H2,1H3. The van der Waals surface area contributed by atoms with Gasteiger partial charge in [-0.3, -0.25) is 9.69 Å². The van der Waals surface area contributed by atoms with E-state index in [0.717, 1.165) is 38.3 Å². The number of amides is 1. The number of hydrogen-bond donors (Lipinski definition) is 0. The van der Waals surface area contributed by atoms with E-state index in [1.807, 2.05) is 23.1 Å². The van der Waals surface area contributed by atoms with E-state index in [-0.39, 0.29) is 5.91 Å². The van der Waals surface area contributed by atoms with Crippen molar-refractivity contribution in [3.63, 3.8) is 0 Å². The van der Waals surface area contributed by atoms with Crippen LogP contribution in [0.5, 0.6) is 0 Å². The minimum Gasteiger partial charge on any atom is -0.340 e.